The third-order valence-electron chi connectivity index (χ3n) is 5.52. The van der Waals surface area contributed by atoms with Crippen LogP contribution in [0.3, 0.4) is 0 Å². The van der Waals surface area contributed by atoms with E-state index in [0.29, 0.717) is 0 Å². The summed E-state index contributed by atoms with van der Waals surface area (Å²) in [4.78, 5) is 0. The van der Waals surface area contributed by atoms with Crippen LogP contribution in [0.1, 0.15) is 7.43 Å². The summed E-state index contributed by atoms with van der Waals surface area (Å²) in [5, 5.41) is 10.0. The minimum Gasteiger partial charge on any atom is -0.398 e. The Morgan fingerprint density at radius 3 is 1.42 bits per heavy atom. The van der Waals surface area contributed by atoms with Gasteiger partial charge in [-0.2, -0.15) is 0 Å². The third kappa shape index (κ3) is 3.87. The van der Waals surface area contributed by atoms with E-state index < -0.39 is 0 Å². The first kappa shape index (κ1) is 20.9. The van der Waals surface area contributed by atoms with Crippen molar-refractivity contribution in [2.24, 2.45) is 0 Å². The molecule has 0 radical (unpaired) electrons. The molecule has 0 amide bonds. The molecule has 2 heteroatoms. The van der Waals surface area contributed by atoms with Gasteiger partial charge >= 0.3 is 0 Å². The van der Waals surface area contributed by atoms with E-state index in [4.69, 9.17) is 5.73 Å². The Bertz CT molecular complexity index is 1400. The summed E-state index contributed by atoms with van der Waals surface area (Å²) in [6.07, 6.45) is 0. The molecule has 1 nitrogen and oxygen atoms in total. The normalized spacial score (nSPS) is 10.6. The molecule has 152 valence electrons. The molecule has 6 aromatic rings. The topological polar surface area (TPSA) is 26.0 Å². The Hall–Kier alpha value is -3.36. The molecule has 0 unspecified atom stereocenters. The van der Waals surface area contributed by atoms with E-state index in [9.17, 15) is 0 Å². The number of hydrogen-bond acceptors (Lipinski definition) is 1. The zero-order chi connectivity index (χ0) is 20.5. The van der Waals surface area contributed by atoms with Gasteiger partial charge in [-0.1, -0.05) is 120 Å². The highest BCUT2D eigenvalue weighted by atomic mass is 79.9. The van der Waals surface area contributed by atoms with Gasteiger partial charge in [-0.15, -0.1) is 0 Å². The minimum absolute atomic E-state index is 0. The van der Waals surface area contributed by atoms with Crippen LogP contribution >= 0.6 is 15.9 Å². The van der Waals surface area contributed by atoms with Crippen LogP contribution in [-0.2, 0) is 0 Å². The molecule has 0 saturated heterocycles. The average Bonchev–Trinajstić information content (AvgIpc) is 2.80. The molecule has 0 spiro atoms. The molecule has 0 aliphatic carbocycles. The van der Waals surface area contributed by atoms with Crippen LogP contribution in [0.5, 0.6) is 0 Å². The summed E-state index contributed by atoms with van der Waals surface area (Å²) in [5.74, 6) is 0. The van der Waals surface area contributed by atoms with E-state index in [1.807, 2.05) is 24.3 Å². The maximum absolute atomic E-state index is 6.02. The van der Waals surface area contributed by atoms with Crippen molar-refractivity contribution in [3.63, 3.8) is 0 Å². The number of halogens is 1. The average molecular weight is 466 g/mol. The molecule has 0 saturated carbocycles. The number of benzene rings is 6. The third-order valence-corrected chi connectivity index (χ3v) is 6.17. The van der Waals surface area contributed by atoms with Gasteiger partial charge in [0.25, 0.3) is 0 Å². The van der Waals surface area contributed by atoms with Gasteiger partial charge < -0.3 is 5.73 Å². The Balaban J connectivity index is 0.000000144. The second-order valence-electron chi connectivity index (χ2n) is 7.36. The van der Waals surface area contributed by atoms with Crippen molar-refractivity contribution in [2.75, 3.05) is 5.73 Å². The Kier molecular flexibility index (Phi) is 5.92. The van der Waals surface area contributed by atoms with E-state index >= 15 is 0 Å². The SMILES string of the molecule is Brc1cc2ccccc2c2ccccc12.C.Nc1cc2ccccc2c2ccccc12. The molecule has 0 bridgehead atoms. The van der Waals surface area contributed by atoms with E-state index in [2.05, 4.69) is 101 Å². The molecule has 2 N–H and O–H groups in total. The Morgan fingerprint density at radius 1 is 0.452 bits per heavy atom. The fourth-order valence-corrected chi connectivity index (χ4v) is 4.68. The van der Waals surface area contributed by atoms with Gasteiger partial charge in [0.1, 0.15) is 0 Å². The molecular weight excluding hydrogens is 442 g/mol. The van der Waals surface area contributed by atoms with Crippen LogP contribution in [0.25, 0.3) is 43.1 Å². The van der Waals surface area contributed by atoms with Gasteiger partial charge in [-0.25, -0.2) is 0 Å². The molecule has 31 heavy (non-hydrogen) atoms. The summed E-state index contributed by atoms with van der Waals surface area (Å²) < 4.78 is 1.16. The molecule has 0 atom stereocenters. The molecule has 0 aliphatic rings. The standard InChI is InChI=1S/C14H9Br.C14H11N.CH4/c2*15-14-9-10-5-1-2-6-11(10)12-7-3-4-8-13(12)14;/h1-9H;1-9H,15H2;1H4. The van der Waals surface area contributed by atoms with Gasteiger partial charge in [-0.05, 0) is 49.8 Å². The lowest BCUT2D eigenvalue weighted by Crippen LogP contribution is -1.87. The summed E-state index contributed by atoms with van der Waals surface area (Å²) in [6.45, 7) is 0. The number of nitrogen functional groups attached to an aromatic ring is 1. The van der Waals surface area contributed by atoms with Crippen molar-refractivity contribution < 1.29 is 0 Å². The fraction of sp³-hybridized carbons (Fsp3) is 0.0345. The van der Waals surface area contributed by atoms with E-state index in [-0.39, 0.29) is 7.43 Å². The monoisotopic (exact) mass is 465 g/mol. The van der Waals surface area contributed by atoms with E-state index in [1.54, 1.807) is 0 Å². The van der Waals surface area contributed by atoms with Crippen molar-refractivity contribution in [1.82, 2.24) is 0 Å². The second kappa shape index (κ2) is 8.79. The molecule has 6 aromatic carbocycles. The van der Waals surface area contributed by atoms with Crippen LogP contribution in [0.15, 0.2) is 114 Å². The molecular formula is C29H24BrN. The van der Waals surface area contributed by atoms with Gasteiger partial charge in [-0.3, -0.25) is 0 Å². The van der Waals surface area contributed by atoms with Crippen LogP contribution in [0, 0.1) is 0 Å². The first-order chi connectivity index (χ1) is 14.7. The smallest absolute Gasteiger partial charge is 0.0400 e. The van der Waals surface area contributed by atoms with Crippen LogP contribution < -0.4 is 5.73 Å². The number of anilines is 1. The first-order valence-electron chi connectivity index (χ1n) is 9.94. The number of nitrogens with two attached hydrogens (primary N) is 1. The Morgan fingerprint density at radius 2 is 0.839 bits per heavy atom. The summed E-state index contributed by atoms with van der Waals surface area (Å²) in [6, 6.07) is 37.7. The van der Waals surface area contributed by atoms with Gasteiger partial charge in [0, 0.05) is 15.5 Å². The quantitative estimate of drug-likeness (QED) is 0.175. The zero-order valence-electron chi connectivity index (χ0n) is 16.3. The highest BCUT2D eigenvalue weighted by Gasteiger charge is 2.03. The maximum atomic E-state index is 6.02. The molecule has 0 fully saturated rings. The number of rotatable bonds is 0. The van der Waals surface area contributed by atoms with Crippen molar-refractivity contribution in [3.8, 4) is 0 Å². The van der Waals surface area contributed by atoms with Crippen LogP contribution in [0.2, 0.25) is 0 Å². The molecule has 0 aliphatic heterocycles. The van der Waals surface area contributed by atoms with Crippen molar-refractivity contribution in [2.45, 2.75) is 7.43 Å². The lowest BCUT2D eigenvalue weighted by Gasteiger charge is -2.06. The van der Waals surface area contributed by atoms with Gasteiger partial charge in [0.05, 0.1) is 0 Å². The van der Waals surface area contributed by atoms with E-state index in [0.717, 1.165) is 15.5 Å². The zero-order valence-corrected chi connectivity index (χ0v) is 17.9. The maximum Gasteiger partial charge on any atom is 0.0400 e. The van der Waals surface area contributed by atoms with Crippen molar-refractivity contribution >= 4 is 64.7 Å². The summed E-state index contributed by atoms with van der Waals surface area (Å²) in [5.41, 5.74) is 6.87. The predicted molar refractivity (Wildman–Crippen MR) is 142 cm³/mol. The minimum atomic E-state index is 0. The number of fused-ring (bicyclic) bond motifs is 6. The predicted octanol–water partition coefficient (Wildman–Crippen LogP) is 8.97. The highest BCUT2D eigenvalue weighted by Crippen LogP contribution is 2.32. The molecule has 6 rings (SSSR count). The molecule has 0 aromatic heterocycles. The fourth-order valence-electron chi connectivity index (χ4n) is 4.09. The summed E-state index contributed by atoms with van der Waals surface area (Å²) >= 11 is 3.62. The van der Waals surface area contributed by atoms with Gasteiger partial charge in [0.2, 0.25) is 0 Å². The van der Waals surface area contributed by atoms with Gasteiger partial charge in [0.15, 0.2) is 0 Å². The van der Waals surface area contributed by atoms with Crippen molar-refractivity contribution in [3.05, 3.63) is 114 Å². The van der Waals surface area contributed by atoms with Crippen molar-refractivity contribution in [1.29, 1.82) is 0 Å². The lowest BCUT2D eigenvalue weighted by atomic mass is 10.0. The summed E-state index contributed by atoms with van der Waals surface area (Å²) in [7, 11) is 0. The number of hydrogen-bond donors (Lipinski definition) is 1. The first-order valence-corrected chi connectivity index (χ1v) is 10.7. The van der Waals surface area contributed by atoms with E-state index in [1.165, 1.54) is 37.7 Å². The van der Waals surface area contributed by atoms with Crippen LogP contribution in [0.4, 0.5) is 5.69 Å². The largest absolute Gasteiger partial charge is 0.398 e. The Labute approximate surface area is 191 Å². The molecule has 0 heterocycles. The highest BCUT2D eigenvalue weighted by molar-refractivity contribution is 9.10. The second-order valence-corrected chi connectivity index (χ2v) is 8.21. The van der Waals surface area contributed by atoms with Crippen LogP contribution in [-0.4, -0.2) is 0 Å². The lowest BCUT2D eigenvalue weighted by molar-refractivity contribution is 1.74.